The molecular weight excluding hydrogens is 312 g/mol. The minimum atomic E-state index is -3.66. The van der Waals surface area contributed by atoms with Crippen LogP contribution in [0.5, 0.6) is 5.75 Å². The van der Waals surface area contributed by atoms with Gasteiger partial charge in [0.2, 0.25) is 10.0 Å². The van der Waals surface area contributed by atoms with Crippen molar-refractivity contribution in [3.8, 4) is 5.75 Å². The smallest absolute Gasteiger partial charge is 0.241 e. The Morgan fingerprint density at radius 1 is 1.29 bits per heavy atom. The summed E-state index contributed by atoms with van der Waals surface area (Å²) < 4.78 is 32.3. The Morgan fingerprint density at radius 2 is 2.05 bits per heavy atom. The van der Waals surface area contributed by atoms with Crippen LogP contribution in [-0.4, -0.2) is 20.5 Å². The van der Waals surface area contributed by atoms with E-state index in [9.17, 15) is 8.42 Å². The molecule has 1 heterocycles. The average molecular weight is 327 g/mol. The number of methoxy groups -OCH3 is 1. The number of sulfonamides is 1. The van der Waals surface area contributed by atoms with Gasteiger partial charge in [0.05, 0.1) is 12.0 Å². The fourth-order valence-corrected chi connectivity index (χ4v) is 3.31. The first-order valence-corrected chi connectivity index (χ1v) is 8.06. The van der Waals surface area contributed by atoms with Crippen LogP contribution in [0, 0.1) is 0 Å². The zero-order chi connectivity index (χ0) is 15.5. The Bertz CT molecular complexity index is 735. The standard InChI is InChI=1S/C14H15ClN2O3S/c1-10(11-4-3-5-12(8-11)20-2)17-21(18,19)13-6-7-16-14(15)9-13/h3-10,17H,1-2H3. The van der Waals surface area contributed by atoms with Gasteiger partial charge in [0.1, 0.15) is 10.9 Å². The van der Waals surface area contributed by atoms with Crippen molar-refractivity contribution in [2.24, 2.45) is 0 Å². The Kier molecular flexibility index (Phi) is 4.82. The molecule has 5 nitrogen and oxygen atoms in total. The minimum Gasteiger partial charge on any atom is -0.497 e. The normalized spacial score (nSPS) is 12.9. The van der Waals surface area contributed by atoms with Gasteiger partial charge in [-0.15, -0.1) is 0 Å². The summed E-state index contributed by atoms with van der Waals surface area (Å²) in [4.78, 5) is 3.85. The Balaban J connectivity index is 2.23. The molecule has 112 valence electrons. The maximum atomic E-state index is 12.3. The molecular formula is C14H15ClN2O3S. The van der Waals surface area contributed by atoms with E-state index in [-0.39, 0.29) is 10.0 Å². The maximum absolute atomic E-state index is 12.3. The van der Waals surface area contributed by atoms with Crippen molar-refractivity contribution in [3.63, 3.8) is 0 Å². The molecule has 0 saturated carbocycles. The molecule has 0 spiro atoms. The third kappa shape index (κ3) is 3.93. The minimum absolute atomic E-state index is 0.0808. The van der Waals surface area contributed by atoms with Crippen LogP contribution in [0.1, 0.15) is 18.5 Å². The van der Waals surface area contributed by atoms with Crippen LogP contribution in [0.3, 0.4) is 0 Å². The Morgan fingerprint density at radius 3 is 2.71 bits per heavy atom. The molecule has 0 fully saturated rings. The molecule has 0 saturated heterocycles. The average Bonchev–Trinajstić information content (AvgIpc) is 2.47. The fraction of sp³-hybridized carbons (Fsp3) is 0.214. The summed E-state index contributed by atoms with van der Waals surface area (Å²) in [6.07, 6.45) is 1.35. The lowest BCUT2D eigenvalue weighted by atomic mass is 10.1. The summed E-state index contributed by atoms with van der Waals surface area (Å²) in [5.74, 6) is 0.672. The van der Waals surface area contributed by atoms with Crippen LogP contribution in [0.2, 0.25) is 5.15 Å². The second-order valence-corrected chi connectivity index (χ2v) is 6.54. The summed E-state index contributed by atoms with van der Waals surface area (Å²) in [6, 6.07) is 9.52. The molecule has 0 aliphatic carbocycles. The van der Waals surface area contributed by atoms with Crippen LogP contribution in [0.25, 0.3) is 0 Å². The van der Waals surface area contributed by atoms with E-state index < -0.39 is 16.1 Å². The molecule has 1 unspecified atom stereocenters. The topological polar surface area (TPSA) is 68.3 Å². The molecule has 7 heteroatoms. The second kappa shape index (κ2) is 6.43. The van der Waals surface area contributed by atoms with Gasteiger partial charge in [0.15, 0.2) is 0 Å². The number of halogens is 1. The van der Waals surface area contributed by atoms with Crippen LogP contribution >= 0.6 is 11.6 Å². The third-order valence-corrected chi connectivity index (χ3v) is 4.68. The van der Waals surface area contributed by atoms with Gasteiger partial charge in [-0.1, -0.05) is 23.7 Å². The lowest BCUT2D eigenvalue weighted by Gasteiger charge is -2.15. The molecule has 0 aliphatic heterocycles. The van der Waals surface area contributed by atoms with Crippen molar-refractivity contribution in [1.29, 1.82) is 0 Å². The SMILES string of the molecule is COc1cccc(C(C)NS(=O)(=O)c2ccnc(Cl)c2)c1. The Hall–Kier alpha value is -1.63. The Labute approximate surface area is 129 Å². The van der Waals surface area contributed by atoms with Crippen LogP contribution in [0.15, 0.2) is 47.5 Å². The van der Waals surface area contributed by atoms with Gasteiger partial charge in [-0.25, -0.2) is 18.1 Å². The van der Waals surface area contributed by atoms with Crippen molar-refractivity contribution in [2.75, 3.05) is 7.11 Å². The predicted octanol–water partition coefficient (Wildman–Crippen LogP) is 2.78. The summed E-state index contributed by atoms with van der Waals surface area (Å²) in [7, 11) is -2.10. The van der Waals surface area contributed by atoms with Crippen LogP contribution < -0.4 is 9.46 Å². The molecule has 2 rings (SSSR count). The number of pyridine rings is 1. The molecule has 0 bridgehead atoms. The number of nitrogens with zero attached hydrogens (tertiary/aromatic N) is 1. The van der Waals surface area contributed by atoms with Crippen LogP contribution in [0.4, 0.5) is 0 Å². The van der Waals surface area contributed by atoms with Gasteiger partial charge in [0, 0.05) is 12.2 Å². The van der Waals surface area contributed by atoms with E-state index >= 15 is 0 Å². The molecule has 1 aromatic carbocycles. The molecule has 0 radical (unpaired) electrons. The number of benzene rings is 1. The van der Waals surface area contributed by atoms with E-state index in [1.165, 1.54) is 18.3 Å². The largest absolute Gasteiger partial charge is 0.497 e. The van der Waals surface area contributed by atoms with E-state index in [1.807, 2.05) is 12.1 Å². The lowest BCUT2D eigenvalue weighted by molar-refractivity contribution is 0.413. The number of aromatic nitrogens is 1. The molecule has 0 amide bonds. The third-order valence-electron chi connectivity index (χ3n) is 2.93. The first-order valence-electron chi connectivity index (χ1n) is 6.20. The molecule has 2 aromatic rings. The lowest BCUT2D eigenvalue weighted by Crippen LogP contribution is -2.27. The maximum Gasteiger partial charge on any atom is 0.241 e. The highest BCUT2D eigenvalue weighted by Crippen LogP contribution is 2.21. The van der Waals surface area contributed by atoms with Gasteiger partial charge in [-0.2, -0.15) is 0 Å². The predicted molar refractivity (Wildman–Crippen MR) is 81.0 cm³/mol. The van der Waals surface area contributed by atoms with Gasteiger partial charge in [-0.05, 0) is 36.8 Å². The summed E-state index contributed by atoms with van der Waals surface area (Å²) in [5, 5.41) is 0.131. The van der Waals surface area contributed by atoms with Crippen molar-refractivity contribution in [2.45, 2.75) is 17.9 Å². The van der Waals surface area contributed by atoms with Gasteiger partial charge in [-0.3, -0.25) is 0 Å². The number of rotatable bonds is 5. The zero-order valence-electron chi connectivity index (χ0n) is 11.6. The van der Waals surface area contributed by atoms with Gasteiger partial charge < -0.3 is 4.74 Å². The van der Waals surface area contributed by atoms with Gasteiger partial charge in [0.25, 0.3) is 0 Å². The van der Waals surface area contributed by atoms with Crippen molar-refractivity contribution >= 4 is 21.6 Å². The van der Waals surface area contributed by atoms with E-state index in [0.29, 0.717) is 5.75 Å². The number of hydrogen-bond acceptors (Lipinski definition) is 4. The van der Waals surface area contributed by atoms with Gasteiger partial charge >= 0.3 is 0 Å². The first-order chi connectivity index (χ1) is 9.92. The molecule has 1 atom stereocenters. The first kappa shape index (κ1) is 15.8. The summed E-state index contributed by atoms with van der Waals surface area (Å²) in [6.45, 7) is 1.76. The van der Waals surface area contributed by atoms with E-state index in [4.69, 9.17) is 16.3 Å². The van der Waals surface area contributed by atoms with Crippen molar-refractivity contribution in [1.82, 2.24) is 9.71 Å². The molecule has 1 N–H and O–H groups in total. The highest BCUT2D eigenvalue weighted by molar-refractivity contribution is 7.89. The second-order valence-electron chi connectivity index (χ2n) is 4.43. The van der Waals surface area contributed by atoms with Crippen molar-refractivity contribution < 1.29 is 13.2 Å². The molecule has 21 heavy (non-hydrogen) atoms. The number of hydrogen-bond donors (Lipinski definition) is 1. The zero-order valence-corrected chi connectivity index (χ0v) is 13.1. The highest BCUT2D eigenvalue weighted by Gasteiger charge is 2.19. The number of nitrogens with one attached hydrogen (secondary N) is 1. The summed E-state index contributed by atoms with van der Waals surface area (Å²) in [5.41, 5.74) is 0.804. The van der Waals surface area contributed by atoms with Crippen molar-refractivity contribution in [3.05, 3.63) is 53.3 Å². The number of ether oxygens (including phenoxy) is 1. The van der Waals surface area contributed by atoms with E-state index in [0.717, 1.165) is 5.56 Å². The fourth-order valence-electron chi connectivity index (χ4n) is 1.83. The summed E-state index contributed by atoms with van der Waals surface area (Å²) >= 11 is 5.72. The molecule has 1 aromatic heterocycles. The van der Waals surface area contributed by atoms with Crippen LogP contribution in [-0.2, 0) is 10.0 Å². The highest BCUT2D eigenvalue weighted by atomic mass is 35.5. The monoisotopic (exact) mass is 326 g/mol. The van der Waals surface area contributed by atoms with E-state index in [2.05, 4.69) is 9.71 Å². The quantitative estimate of drug-likeness (QED) is 0.858. The van der Waals surface area contributed by atoms with E-state index in [1.54, 1.807) is 26.2 Å². The molecule has 0 aliphatic rings.